The summed E-state index contributed by atoms with van der Waals surface area (Å²) in [6.07, 6.45) is -5.24. The first-order valence-electron chi connectivity index (χ1n) is 4.51. The number of carboxylic acids is 1. The number of aromatic nitrogens is 1. The van der Waals surface area contributed by atoms with Gasteiger partial charge >= 0.3 is 12.3 Å². The van der Waals surface area contributed by atoms with Crippen LogP contribution in [0.2, 0.25) is 0 Å². The fraction of sp³-hybridized carbons (Fsp3) is 0.333. The van der Waals surface area contributed by atoms with Gasteiger partial charge < -0.3 is 14.8 Å². The van der Waals surface area contributed by atoms with Crippen molar-refractivity contribution < 1.29 is 32.2 Å². The van der Waals surface area contributed by atoms with Gasteiger partial charge in [0.25, 0.3) is 0 Å². The van der Waals surface area contributed by atoms with E-state index < -0.39 is 47.9 Å². The molecule has 0 fully saturated rings. The Hall–Kier alpha value is -2.06. The first kappa shape index (κ1) is 14.0. The average molecular weight is 269 g/mol. The Morgan fingerprint density at radius 3 is 2.50 bits per heavy atom. The number of carbonyl (C=O) groups is 1. The molecule has 0 aliphatic rings. The van der Waals surface area contributed by atoms with Crippen LogP contribution < -0.4 is 10.2 Å². The van der Waals surface area contributed by atoms with E-state index in [4.69, 9.17) is 5.11 Å². The van der Waals surface area contributed by atoms with Crippen LogP contribution in [0, 0.1) is 0 Å². The normalized spacial score (nSPS) is 11.3. The van der Waals surface area contributed by atoms with Crippen molar-refractivity contribution in [3.63, 3.8) is 0 Å². The molecule has 1 rings (SSSR count). The van der Waals surface area contributed by atoms with Crippen LogP contribution in [0.3, 0.4) is 0 Å². The first-order valence-corrected chi connectivity index (χ1v) is 4.51. The molecule has 1 heterocycles. The number of hydrogen-bond donors (Lipinski definition) is 2. The van der Waals surface area contributed by atoms with Gasteiger partial charge in [0.2, 0.25) is 5.43 Å². The molecule has 0 aliphatic carbocycles. The molecule has 0 atom stereocenters. The maximum Gasteiger partial charge on any atom is 0.573 e. The summed E-state index contributed by atoms with van der Waals surface area (Å²) in [5.41, 5.74) is -2.49. The molecule has 18 heavy (non-hydrogen) atoms. The number of aliphatic carboxylic acids is 1. The SMILES string of the molecule is O=C(O)Cc1[nH]cc(CF)c(=O)c1OC(F)(F)F. The van der Waals surface area contributed by atoms with Gasteiger partial charge in [-0.2, -0.15) is 0 Å². The molecule has 0 aliphatic heterocycles. The second-order valence-corrected chi connectivity index (χ2v) is 3.20. The lowest BCUT2D eigenvalue weighted by Gasteiger charge is -2.12. The van der Waals surface area contributed by atoms with E-state index in [9.17, 15) is 27.2 Å². The highest BCUT2D eigenvalue weighted by Gasteiger charge is 2.34. The van der Waals surface area contributed by atoms with Crippen LogP contribution in [0.25, 0.3) is 0 Å². The van der Waals surface area contributed by atoms with Gasteiger partial charge in [-0.05, 0) is 0 Å². The minimum atomic E-state index is -5.17. The molecule has 0 radical (unpaired) electrons. The number of aromatic amines is 1. The molecule has 0 saturated carbocycles. The molecule has 0 aromatic carbocycles. The van der Waals surface area contributed by atoms with Gasteiger partial charge in [-0.3, -0.25) is 9.59 Å². The monoisotopic (exact) mass is 269 g/mol. The summed E-state index contributed by atoms with van der Waals surface area (Å²) in [5, 5.41) is 8.47. The van der Waals surface area contributed by atoms with E-state index in [1.165, 1.54) is 0 Å². The van der Waals surface area contributed by atoms with Gasteiger partial charge in [-0.15, -0.1) is 13.2 Å². The summed E-state index contributed by atoms with van der Waals surface area (Å²) < 4.78 is 51.9. The van der Waals surface area contributed by atoms with Crippen molar-refractivity contribution in [2.45, 2.75) is 19.5 Å². The molecular formula is C9H7F4NO4. The van der Waals surface area contributed by atoms with E-state index in [-0.39, 0.29) is 0 Å². The highest BCUT2D eigenvalue weighted by atomic mass is 19.4. The number of H-pyrrole nitrogens is 1. The Kier molecular flexibility index (Phi) is 3.94. The van der Waals surface area contributed by atoms with Crippen LogP contribution in [0.1, 0.15) is 11.3 Å². The molecule has 0 saturated heterocycles. The Labute approximate surface area is 97.0 Å². The highest BCUT2D eigenvalue weighted by Crippen LogP contribution is 2.23. The Balaban J connectivity index is 3.30. The molecule has 0 amide bonds. The van der Waals surface area contributed by atoms with Gasteiger partial charge in [-0.25, -0.2) is 4.39 Å². The number of carboxylic acid groups (broad SMARTS) is 1. The summed E-state index contributed by atoms with van der Waals surface area (Å²) in [4.78, 5) is 23.9. The van der Waals surface area contributed by atoms with E-state index in [0.717, 1.165) is 6.20 Å². The number of pyridine rings is 1. The van der Waals surface area contributed by atoms with Crippen molar-refractivity contribution in [3.8, 4) is 5.75 Å². The minimum absolute atomic E-state index is 0.580. The van der Waals surface area contributed by atoms with Crippen molar-refractivity contribution in [1.82, 2.24) is 4.98 Å². The predicted octanol–water partition coefficient (Wildman–Crippen LogP) is 1.37. The fourth-order valence-electron chi connectivity index (χ4n) is 1.19. The smallest absolute Gasteiger partial charge is 0.481 e. The van der Waals surface area contributed by atoms with Gasteiger partial charge in [0.1, 0.15) is 6.67 Å². The topological polar surface area (TPSA) is 79.4 Å². The van der Waals surface area contributed by atoms with E-state index in [1.807, 2.05) is 0 Å². The number of halogens is 4. The number of nitrogens with one attached hydrogen (secondary N) is 1. The lowest BCUT2D eigenvalue weighted by Crippen LogP contribution is -2.25. The number of hydrogen-bond acceptors (Lipinski definition) is 3. The van der Waals surface area contributed by atoms with E-state index in [1.54, 1.807) is 0 Å². The molecule has 1 aromatic heterocycles. The fourth-order valence-corrected chi connectivity index (χ4v) is 1.19. The quantitative estimate of drug-likeness (QED) is 0.809. The Bertz CT molecular complexity index is 508. The summed E-state index contributed by atoms with van der Waals surface area (Å²) in [6.45, 7) is -1.29. The molecule has 100 valence electrons. The molecule has 5 nitrogen and oxygen atoms in total. The van der Waals surface area contributed by atoms with E-state index >= 15 is 0 Å². The Morgan fingerprint density at radius 2 is 2.06 bits per heavy atom. The summed E-state index contributed by atoms with van der Waals surface area (Å²) in [7, 11) is 0. The van der Waals surface area contributed by atoms with Crippen molar-refractivity contribution in [2.75, 3.05) is 0 Å². The zero-order valence-electron chi connectivity index (χ0n) is 8.68. The van der Waals surface area contributed by atoms with Gasteiger partial charge in [0.05, 0.1) is 17.7 Å². The van der Waals surface area contributed by atoms with E-state index in [2.05, 4.69) is 9.72 Å². The predicted molar refractivity (Wildman–Crippen MR) is 49.9 cm³/mol. The number of rotatable bonds is 4. The van der Waals surface area contributed by atoms with Gasteiger partial charge in [0.15, 0.2) is 5.75 Å². The lowest BCUT2D eigenvalue weighted by molar-refractivity contribution is -0.275. The van der Waals surface area contributed by atoms with Gasteiger partial charge in [-0.1, -0.05) is 0 Å². The molecule has 0 spiro atoms. The van der Waals surface area contributed by atoms with Crippen molar-refractivity contribution >= 4 is 5.97 Å². The van der Waals surface area contributed by atoms with Crippen molar-refractivity contribution in [1.29, 1.82) is 0 Å². The standard InChI is InChI=1S/C9H7F4NO4/c10-2-4-3-14-5(1-6(15)16)8(7(4)17)18-9(11,12)13/h3H,1-2H2,(H,14,17)(H,15,16). The number of ether oxygens (including phenoxy) is 1. The van der Waals surface area contributed by atoms with Crippen LogP contribution in [0.5, 0.6) is 5.75 Å². The van der Waals surface area contributed by atoms with Crippen LogP contribution in [-0.4, -0.2) is 22.4 Å². The second-order valence-electron chi connectivity index (χ2n) is 3.20. The van der Waals surface area contributed by atoms with Crippen LogP contribution in [0.15, 0.2) is 11.0 Å². The van der Waals surface area contributed by atoms with Crippen LogP contribution in [0.4, 0.5) is 17.6 Å². The minimum Gasteiger partial charge on any atom is -0.481 e. The van der Waals surface area contributed by atoms with Crippen molar-refractivity contribution in [3.05, 3.63) is 27.7 Å². The lowest BCUT2D eigenvalue weighted by atomic mass is 10.2. The molecule has 9 heteroatoms. The zero-order chi connectivity index (χ0) is 13.9. The third kappa shape index (κ3) is 3.47. The Morgan fingerprint density at radius 1 is 1.44 bits per heavy atom. The average Bonchev–Trinajstić information content (AvgIpc) is 2.21. The van der Waals surface area contributed by atoms with Crippen LogP contribution >= 0.6 is 0 Å². The first-order chi connectivity index (χ1) is 8.24. The van der Waals surface area contributed by atoms with E-state index in [0.29, 0.717) is 0 Å². The summed E-state index contributed by atoms with van der Waals surface area (Å²) >= 11 is 0. The molecule has 0 bridgehead atoms. The second kappa shape index (κ2) is 5.07. The van der Waals surface area contributed by atoms with Crippen LogP contribution in [-0.2, 0) is 17.9 Å². The summed E-state index contributed by atoms with van der Waals surface area (Å²) in [6, 6.07) is 0. The molecule has 2 N–H and O–H groups in total. The third-order valence-corrected chi connectivity index (χ3v) is 1.88. The number of alkyl halides is 4. The maximum atomic E-state index is 12.3. The summed E-state index contributed by atoms with van der Waals surface area (Å²) in [5.74, 6) is -2.72. The maximum absolute atomic E-state index is 12.3. The third-order valence-electron chi connectivity index (χ3n) is 1.88. The highest BCUT2D eigenvalue weighted by molar-refractivity contribution is 5.70. The largest absolute Gasteiger partial charge is 0.573 e. The zero-order valence-corrected chi connectivity index (χ0v) is 8.68. The molecule has 0 unspecified atom stereocenters. The van der Waals surface area contributed by atoms with Crippen molar-refractivity contribution in [2.24, 2.45) is 0 Å². The molecule has 1 aromatic rings. The van der Waals surface area contributed by atoms with Gasteiger partial charge in [0, 0.05) is 6.20 Å². The molecular weight excluding hydrogens is 262 g/mol.